The second-order valence-electron chi connectivity index (χ2n) is 9.03. The monoisotopic (exact) mass is 557 g/mol. The number of hydrogen-bond donors (Lipinski definition) is 4. The Morgan fingerprint density at radius 3 is 2.38 bits per heavy atom. The summed E-state index contributed by atoms with van der Waals surface area (Å²) in [5, 5.41) is 10.9. The molecule has 208 valence electrons. The first kappa shape index (κ1) is 32.1. The van der Waals surface area contributed by atoms with Crippen molar-refractivity contribution in [2.24, 2.45) is 5.14 Å². The van der Waals surface area contributed by atoms with E-state index in [1.54, 1.807) is 18.2 Å². The number of amides is 2. The van der Waals surface area contributed by atoms with Gasteiger partial charge in [0.2, 0.25) is 5.91 Å². The number of nitrogens with one attached hydrogen (secondary N) is 3. The fourth-order valence-electron chi connectivity index (χ4n) is 2.98. The van der Waals surface area contributed by atoms with Gasteiger partial charge in [0.1, 0.15) is 11.4 Å². The summed E-state index contributed by atoms with van der Waals surface area (Å²) in [6.07, 6.45) is 3.03. The largest absolute Gasteiger partial charge is 0.495 e. The summed E-state index contributed by atoms with van der Waals surface area (Å²) in [7, 11) is -2.50. The molecule has 2 rings (SSSR count). The van der Waals surface area contributed by atoms with Gasteiger partial charge in [-0.05, 0) is 64.8 Å². The van der Waals surface area contributed by atoms with Crippen molar-refractivity contribution in [3.63, 3.8) is 0 Å². The van der Waals surface area contributed by atoms with Gasteiger partial charge in [-0.25, -0.2) is 14.9 Å². The highest BCUT2D eigenvalue weighted by atomic mass is 32.2. The number of nitrogens with two attached hydrogens (primary N) is 1. The van der Waals surface area contributed by atoms with E-state index in [2.05, 4.69) is 27.3 Å². The number of benzene rings is 1. The topological polar surface area (TPSA) is 162 Å². The Balaban J connectivity index is 0.000000580. The quantitative estimate of drug-likeness (QED) is 0.305. The number of methoxy groups -OCH3 is 1. The molecule has 0 aliphatic rings. The van der Waals surface area contributed by atoms with Crippen molar-refractivity contribution in [3.8, 4) is 16.2 Å². The first-order valence-corrected chi connectivity index (χ1v) is 14.3. The zero-order valence-electron chi connectivity index (χ0n) is 22.6. The molecule has 11 nitrogen and oxygen atoms in total. The Morgan fingerprint density at radius 2 is 1.84 bits per heavy atom. The van der Waals surface area contributed by atoms with Crippen LogP contribution in [0, 0.1) is 6.92 Å². The van der Waals surface area contributed by atoms with Crippen LogP contribution < -0.4 is 25.2 Å². The minimum atomic E-state index is -3.94. The summed E-state index contributed by atoms with van der Waals surface area (Å²) >= 11 is 1.33. The van der Waals surface area contributed by atoms with E-state index in [1.807, 2.05) is 34.6 Å². The van der Waals surface area contributed by atoms with Gasteiger partial charge >= 0.3 is 6.09 Å². The van der Waals surface area contributed by atoms with Crippen LogP contribution in [0.2, 0.25) is 0 Å². The van der Waals surface area contributed by atoms with Crippen LogP contribution >= 0.6 is 11.3 Å². The molecule has 0 atom stereocenters. The van der Waals surface area contributed by atoms with Crippen molar-refractivity contribution in [3.05, 3.63) is 23.9 Å². The van der Waals surface area contributed by atoms with Gasteiger partial charge < -0.3 is 20.1 Å². The highest BCUT2D eigenvalue weighted by molar-refractivity contribution is 7.90. The second-order valence-corrected chi connectivity index (χ2v) is 11.3. The molecule has 0 bridgehead atoms. The number of thiazole rings is 1. The van der Waals surface area contributed by atoms with Crippen molar-refractivity contribution < 1.29 is 27.5 Å². The van der Waals surface area contributed by atoms with E-state index >= 15 is 0 Å². The van der Waals surface area contributed by atoms with Crippen LogP contribution in [-0.2, 0) is 19.7 Å². The first-order chi connectivity index (χ1) is 17.2. The van der Waals surface area contributed by atoms with E-state index in [1.165, 1.54) is 18.4 Å². The van der Waals surface area contributed by atoms with Crippen molar-refractivity contribution in [2.75, 3.05) is 23.7 Å². The molecular formula is C24H39N5O6S2. The predicted molar refractivity (Wildman–Crippen MR) is 148 cm³/mol. The molecule has 13 heteroatoms. The Hall–Kier alpha value is -2.90. The number of rotatable bonds is 10. The second kappa shape index (κ2) is 14.7. The normalized spacial score (nSPS) is 11.1. The maximum atomic E-state index is 12.0. The molecule has 0 unspecified atom stereocenters. The molecule has 5 N–H and O–H groups in total. The number of ether oxygens (including phenoxy) is 2. The number of aryl methyl sites for hydroxylation is 1. The van der Waals surface area contributed by atoms with Gasteiger partial charge in [0, 0.05) is 13.0 Å². The van der Waals surface area contributed by atoms with Gasteiger partial charge in [-0.2, -0.15) is 8.42 Å². The number of anilines is 2. The lowest BCUT2D eigenvalue weighted by Gasteiger charge is -2.19. The molecule has 0 fully saturated rings. The van der Waals surface area contributed by atoms with Gasteiger partial charge in [0.25, 0.3) is 10.2 Å². The fraction of sp³-hybridized carbons (Fsp3) is 0.542. The highest BCUT2D eigenvalue weighted by Gasteiger charge is 2.16. The summed E-state index contributed by atoms with van der Waals surface area (Å²) in [5.74, 6) is 0.287. The molecule has 37 heavy (non-hydrogen) atoms. The van der Waals surface area contributed by atoms with Crippen molar-refractivity contribution >= 4 is 44.4 Å². The summed E-state index contributed by atoms with van der Waals surface area (Å²) < 4.78 is 35.1. The molecular weight excluding hydrogens is 518 g/mol. The number of carbonyl (C=O) groups is 2. The molecule has 0 aliphatic heterocycles. The lowest BCUT2D eigenvalue weighted by atomic mass is 10.1. The zero-order chi connectivity index (χ0) is 28.2. The smallest absolute Gasteiger partial charge is 0.407 e. The molecule has 0 spiro atoms. The number of nitrogens with zero attached hydrogens (tertiary/aromatic N) is 1. The number of carbonyl (C=O) groups excluding carboxylic acids is 2. The number of unbranched alkanes of at least 4 members (excludes halogenated alkanes) is 2. The third-order valence-electron chi connectivity index (χ3n) is 4.48. The van der Waals surface area contributed by atoms with Gasteiger partial charge in [0.15, 0.2) is 5.13 Å². The van der Waals surface area contributed by atoms with Gasteiger partial charge in [-0.15, -0.1) is 0 Å². The van der Waals surface area contributed by atoms with Crippen LogP contribution in [0.1, 0.15) is 66.0 Å². The molecule has 0 saturated heterocycles. The van der Waals surface area contributed by atoms with E-state index in [-0.39, 0.29) is 23.3 Å². The third kappa shape index (κ3) is 12.8. The Labute approximate surface area is 223 Å². The van der Waals surface area contributed by atoms with E-state index in [9.17, 15) is 18.0 Å². The summed E-state index contributed by atoms with van der Waals surface area (Å²) in [4.78, 5) is 27.9. The number of alkyl carbamates (subject to hydrolysis) is 1. The van der Waals surface area contributed by atoms with Crippen molar-refractivity contribution in [1.82, 2.24) is 10.3 Å². The Bertz CT molecular complexity index is 1140. The molecule has 2 amide bonds. The van der Waals surface area contributed by atoms with E-state index in [0.29, 0.717) is 23.8 Å². The van der Waals surface area contributed by atoms with Crippen molar-refractivity contribution in [1.29, 1.82) is 0 Å². The van der Waals surface area contributed by atoms with E-state index in [4.69, 9.17) is 14.6 Å². The van der Waals surface area contributed by atoms with Crippen LogP contribution in [0.4, 0.5) is 15.6 Å². The van der Waals surface area contributed by atoms with Crippen LogP contribution in [0.25, 0.3) is 10.4 Å². The third-order valence-corrected chi connectivity index (χ3v) is 6.11. The molecule has 0 radical (unpaired) electrons. The van der Waals surface area contributed by atoms with Crippen LogP contribution in [0.5, 0.6) is 5.75 Å². The standard InChI is InChI=1S/C17H24N4O4S2.C7H15NO2/c1-4-5-6-7-15(22)20-17-19-11(2)16(26-17)12-8-9-14(25-3)13(10-12)21-27(18,23)24;1-5-8-6(9)10-7(2,3)4/h8-10,21H,4-7H2,1-3H3,(H2,18,23,24)(H,19,20,22);5H2,1-4H3,(H,8,9). The molecule has 0 aliphatic carbocycles. The Morgan fingerprint density at radius 1 is 1.16 bits per heavy atom. The van der Waals surface area contributed by atoms with E-state index < -0.39 is 10.2 Å². The first-order valence-electron chi connectivity index (χ1n) is 11.9. The van der Waals surface area contributed by atoms with Gasteiger partial charge in [0.05, 0.1) is 23.4 Å². The SMILES string of the molecule is CCCCCC(=O)Nc1nc(C)c(-c2ccc(OC)c(NS(N)(=O)=O)c2)s1.CCNC(=O)OC(C)(C)C. The summed E-state index contributed by atoms with van der Waals surface area (Å²) in [6.45, 7) is 11.9. The molecule has 0 saturated carbocycles. The predicted octanol–water partition coefficient (Wildman–Crippen LogP) is 4.79. The van der Waals surface area contributed by atoms with Crippen LogP contribution in [0.15, 0.2) is 18.2 Å². The summed E-state index contributed by atoms with van der Waals surface area (Å²) in [6, 6.07) is 5.06. The average Bonchev–Trinajstić information content (AvgIpc) is 3.12. The Kier molecular flexibility index (Phi) is 12.8. The highest BCUT2D eigenvalue weighted by Crippen LogP contribution is 2.37. The molecule has 2 aromatic rings. The van der Waals surface area contributed by atoms with Gasteiger partial charge in [-0.1, -0.05) is 31.1 Å². The fourth-order valence-corrected chi connectivity index (χ4v) is 4.42. The number of aromatic nitrogens is 1. The summed E-state index contributed by atoms with van der Waals surface area (Å²) in [5.41, 5.74) is 1.31. The van der Waals surface area contributed by atoms with Crippen LogP contribution in [0.3, 0.4) is 0 Å². The van der Waals surface area contributed by atoms with E-state index in [0.717, 1.165) is 35.4 Å². The minimum Gasteiger partial charge on any atom is -0.495 e. The van der Waals surface area contributed by atoms with Crippen LogP contribution in [-0.4, -0.2) is 44.7 Å². The zero-order valence-corrected chi connectivity index (χ0v) is 24.2. The molecule has 1 aromatic heterocycles. The maximum absolute atomic E-state index is 12.0. The van der Waals surface area contributed by atoms with Gasteiger partial charge in [-0.3, -0.25) is 9.52 Å². The molecule has 1 heterocycles. The molecule has 1 aromatic carbocycles. The average molecular weight is 558 g/mol. The maximum Gasteiger partial charge on any atom is 0.407 e. The van der Waals surface area contributed by atoms with Crippen molar-refractivity contribution in [2.45, 2.75) is 72.8 Å². The number of hydrogen-bond acceptors (Lipinski definition) is 8. The lowest BCUT2D eigenvalue weighted by molar-refractivity contribution is -0.116. The lowest BCUT2D eigenvalue weighted by Crippen LogP contribution is -2.32. The minimum absolute atomic E-state index is 0.0601.